The van der Waals surface area contributed by atoms with Crippen LogP contribution in [0.2, 0.25) is 0 Å². The van der Waals surface area contributed by atoms with Crippen LogP contribution in [0.3, 0.4) is 0 Å². The van der Waals surface area contributed by atoms with Gasteiger partial charge in [0.25, 0.3) is 0 Å². The molecule has 1 N–H and O–H groups in total. The summed E-state index contributed by atoms with van der Waals surface area (Å²) in [6.45, 7) is 10.0. The number of amides is 1. The molecule has 4 fully saturated rings. The highest BCUT2D eigenvalue weighted by atomic mass is 16.6. The van der Waals surface area contributed by atoms with Crippen LogP contribution < -0.4 is 5.32 Å². The fraction of sp³-hybridized carbons (Fsp3) is 0.923. The minimum absolute atomic E-state index is 0.130. The van der Waals surface area contributed by atoms with Crippen LogP contribution >= 0.6 is 0 Å². The van der Waals surface area contributed by atoms with Crippen LogP contribution in [0.4, 0.5) is 4.79 Å². The number of nitrogens with one attached hydrogen (secondary N) is 1. The molecule has 0 radical (unpaired) electrons. The Kier molecular flexibility index (Phi) is 2.79. The van der Waals surface area contributed by atoms with Crippen LogP contribution in [0.5, 0.6) is 0 Å². The molecule has 0 aliphatic carbocycles. The van der Waals surface area contributed by atoms with Crippen LogP contribution in [-0.4, -0.2) is 65.8 Å². The third-order valence-corrected chi connectivity index (χ3v) is 4.10. The number of piperidine rings is 1. The average Bonchev–Trinajstić information content (AvgIpc) is 2.10. The highest BCUT2D eigenvalue weighted by molar-refractivity contribution is 5.70. The first-order valence-corrected chi connectivity index (χ1v) is 6.90. The van der Waals surface area contributed by atoms with Gasteiger partial charge in [0.2, 0.25) is 0 Å². The summed E-state index contributed by atoms with van der Waals surface area (Å²) < 4.78 is 5.47. The molecule has 4 aliphatic heterocycles. The van der Waals surface area contributed by atoms with E-state index in [4.69, 9.17) is 4.74 Å². The molecule has 2 bridgehead atoms. The van der Waals surface area contributed by atoms with Crippen molar-refractivity contribution in [3.63, 3.8) is 0 Å². The lowest BCUT2D eigenvalue weighted by Gasteiger charge is -2.58. The predicted octanol–water partition coefficient (Wildman–Crippen LogP) is 0.652. The molecule has 0 aromatic carbocycles. The van der Waals surface area contributed by atoms with Crippen LogP contribution in [0.15, 0.2) is 0 Å². The summed E-state index contributed by atoms with van der Waals surface area (Å²) >= 11 is 0. The Bertz CT molecular complexity index is 337. The lowest BCUT2D eigenvalue weighted by Crippen LogP contribution is -2.74. The Morgan fingerprint density at radius 1 is 1.17 bits per heavy atom. The third-order valence-electron chi connectivity index (χ3n) is 4.10. The Morgan fingerprint density at radius 2 is 1.78 bits per heavy atom. The number of piperazine rings is 1. The van der Waals surface area contributed by atoms with Gasteiger partial charge in [-0.2, -0.15) is 0 Å². The second-order valence-corrected chi connectivity index (χ2v) is 6.70. The topological polar surface area (TPSA) is 44.8 Å². The van der Waals surface area contributed by atoms with Gasteiger partial charge in [-0.1, -0.05) is 0 Å². The normalized spacial score (nSPS) is 32.7. The van der Waals surface area contributed by atoms with Gasteiger partial charge in [-0.25, -0.2) is 4.79 Å². The fourth-order valence-electron chi connectivity index (χ4n) is 3.08. The fourth-order valence-corrected chi connectivity index (χ4v) is 3.08. The number of hydrogen-bond donors (Lipinski definition) is 1. The monoisotopic (exact) mass is 253 g/mol. The highest BCUT2D eigenvalue weighted by Crippen LogP contribution is 2.34. The van der Waals surface area contributed by atoms with Crippen LogP contribution in [0.25, 0.3) is 0 Å². The summed E-state index contributed by atoms with van der Waals surface area (Å²) in [5, 5.41) is 3.31. The first-order chi connectivity index (χ1) is 8.44. The number of hydrogen-bond acceptors (Lipinski definition) is 4. The molecule has 102 valence electrons. The summed E-state index contributed by atoms with van der Waals surface area (Å²) in [6, 6.07) is 1.44. The minimum Gasteiger partial charge on any atom is -0.444 e. The Labute approximate surface area is 108 Å². The highest BCUT2D eigenvalue weighted by Gasteiger charge is 2.50. The van der Waals surface area contributed by atoms with E-state index in [2.05, 4.69) is 10.2 Å². The van der Waals surface area contributed by atoms with Crippen molar-refractivity contribution in [3.05, 3.63) is 0 Å². The molecule has 1 amide bonds. The summed E-state index contributed by atoms with van der Waals surface area (Å²) in [4.78, 5) is 16.6. The van der Waals surface area contributed by atoms with Crippen molar-refractivity contribution in [3.8, 4) is 0 Å². The molecule has 4 rings (SSSR count). The summed E-state index contributed by atoms with van der Waals surface area (Å²) in [6.07, 6.45) is 1.02. The second-order valence-electron chi connectivity index (χ2n) is 6.70. The molecule has 0 spiro atoms. The standard InChI is InChI=1S/C13H23N3O2/c1-13(2,3)18-12(17)16-9-4-10(16)8-15(7-9)11-5-14-6-11/h9-11,14H,4-8H2,1-3H3. The molecular formula is C13H23N3O2. The van der Waals surface area contributed by atoms with Crippen molar-refractivity contribution in [2.45, 2.75) is 50.9 Å². The third kappa shape index (κ3) is 2.10. The van der Waals surface area contributed by atoms with Crippen LogP contribution in [0.1, 0.15) is 27.2 Å². The molecule has 2 unspecified atom stereocenters. The van der Waals surface area contributed by atoms with Gasteiger partial charge in [0.05, 0.1) is 12.1 Å². The summed E-state index contributed by atoms with van der Waals surface area (Å²) in [5.74, 6) is 0. The largest absolute Gasteiger partial charge is 0.444 e. The average molecular weight is 253 g/mol. The van der Waals surface area contributed by atoms with E-state index >= 15 is 0 Å². The number of rotatable bonds is 1. The maximum absolute atomic E-state index is 12.1. The lowest BCUT2D eigenvalue weighted by atomic mass is 9.86. The SMILES string of the molecule is CC(C)(C)OC(=O)N1C2CC1CN(C1CNC1)C2. The van der Waals surface area contributed by atoms with E-state index in [0.717, 1.165) is 32.6 Å². The van der Waals surface area contributed by atoms with Crippen LogP contribution in [-0.2, 0) is 4.74 Å². The molecule has 5 heteroatoms. The predicted molar refractivity (Wildman–Crippen MR) is 68.5 cm³/mol. The van der Waals surface area contributed by atoms with Crippen molar-refractivity contribution in [2.75, 3.05) is 26.2 Å². The maximum atomic E-state index is 12.1. The summed E-state index contributed by atoms with van der Waals surface area (Å²) in [7, 11) is 0. The van der Waals surface area contributed by atoms with E-state index in [-0.39, 0.29) is 6.09 Å². The van der Waals surface area contributed by atoms with Crippen molar-refractivity contribution < 1.29 is 9.53 Å². The van der Waals surface area contributed by atoms with Gasteiger partial charge < -0.3 is 10.1 Å². The molecule has 5 nitrogen and oxygen atoms in total. The number of carbonyl (C=O) groups is 1. The maximum Gasteiger partial charge on any atom is 0.410 e. The summed E-state index contributed by atoms with van der Waals surface area (Å²) in [5.41, 5.74) is -0.390. The molecule has 4 aliphatic rings. The lowest BCUT2D eigenvalue weighted by molar-refractivity contribution is -0.0899. The van der Waals surface area contributed by atoms with E-state index in [1.54, 1.807) is 0 Å². The van der Waals surface area contributed by atoms with Crippen LogP contribution in [0, 0.1) is 0 Å². The van der Waals surface area contributed by atoms with Gasteiger partial charge in [0, 0.05) is 32.2 Å². The Hall–Kier alpha value is -0.810. The number of fused-ring (bicyclic) bond motifs is 2. The minimum atomic E-state index is -0.390. The van der Waals surface area contributed by atoms with E-state index in [0.29, 0.717) is 18.1 Å². The number of nitrogens with zero attached hydrogens (tertiary/aromatic N) is 2. The van der Waals surface area contributed by atoms with Gasteiger partial charge in [0.1, 0.15) is 5.60 Å². The first-order valence-electron chi connectivity index (χ1n) is 6.90. The molecule has 18 heavy (non-hydrogen) atoms. The Morgan fingerprint density at radius 3 is 2.22 bits per heavy atom. The van der Waals surface area contributed by atoms with Gasteiger partial charge in [0.15, 0.2) is 0 Å². The smallest absolute Gasteiger partial charge is 0.410 e. The van der Waals surface area contributed by atoms with Gasteiger partial charge >= 0.3 is 6.09 Å². The second kappa shape index (κ2) is 4.10. The van der Waals surface area contributed by atoms with Gasteiger partial charge in [-0.15, -0.1) is 0 Å². The number of carbonyl (C=O) groups excluding carboxylic acids is 1. The number of ether oxygens (including phenoxy) is 1. The molecule has 0 aromatic rings. The van der Waals surface area contributed by atoms with Crippen molar-refractivity contribution >= 4 is 6.09 Å². The molecule has 0 aromatic heterocycles. The molecule has 2 atom stereocenters. The quantitative estimate of drug-likeness (QED) is 0.745. The van der Waals surface area contributed by atoms with Crippen molar-refractivity contribution in [2.24, 2.45) is 0 Å². The first kappa shape index (κ1) is 12.2. The van der Waals surface area contributed by atoms with E-state index in [1.807, 2.05) is 25.7 Å². The van der Waals surface area contributed by atoms with E-state index in [9.17, 15) is 4.79 Å². The van der Waals surface area contributed by atoms with Gasteiger partial charge in [-0.3, -0.25) is 9.80 Å². The zero-order valence-electron chi connectivity index (χ0n) is 11.5. The van der Waals surface area contributed by atoms with E-state index < -0.39 is 5.60 Å². The van der Waals surface area contributed by atoms with Crippen molar-refractivity contribution in [1.82, 2.24) is 15.1 Å². The zero-order valence-corrected chi connectivity index (χ0v) is 11.5. The van der Waals surface area contributed by atoms with Crippen molar-refractivity contribution in [1.29, 1.82) is 0 Å². The van der Waals surface area contributed by atoms with E-state index in [1.165, 1.54) is 0 Å². The molecule has 4 saturated heterocycles. The molecular weight excluding hydrogens is 230 g/mol. The molecule has 4 heterocycles. The molecule has 0 saturated carbocycles. The zero-order chi connectivity index (χ0) is 12.9. The Balaban J connectivity index is 1.56. The van der Waals surface area contributed by atoms with Gasteiger partial charge in [-0.05, 0) is 27.2 Å².